The van der Waals surface area contributed by atoms with E-state index in [1.165, 1.54) is 0 Å². The molecule has 1 saturated carbocycles. The molecule has 0 unspecified atom stereocenters. The molecule has 0 bridgehead atoms. The van der Waals surface area contributed by atoms with E-state index in [0.717, 1.165) is 41.9 Å². The highest BCUT2D eigenvalue weighted by atomic mass is 32.2. The van der Waals surface area contributed by atoms with Gasteiger partial charge in [0.25, 0.3) is 0 Å². The number of carbonyl (C=O) groups excluding carboxylic acids is 1. The van der Waals surface area contributed by atoms with Crippen molar-refractivity contribution in [1.29, 1.82) is 0 Å². The summed E-state index contributed by atoms with van der Waals surface area (Å²) in [5.74, 6) is 0.870. The van der Waals surface area contributed by atoms with E-state index in [-0.39, 0.29) is 5.54 Å². The molecule has 0 aromatic heterocycles. The van der Waals surface area contributed by atoms with E-state index in [1.54, 1.807) is 25.0 Å². The minimum Gasteiger partial charge on any atom is -0.496 e. The largest absolute Gasteiger partial charge is 0.496 e. The van der Waals surface area contributed by atoms with Crippen molar-refractivity contribution in [2.75, 3.05) is 13.4 Å². The third kappa shape index (κ3) is 2.31. The van der Waals surface area contributed by atoms with Crippen molar-refractivity contribution < 1.29 is 9.53 Å². The minimum atomic E-state index is -0.349. The van der Waals surface area contributed by atoms with Gasteiger partial charge in [-0.2, -0.15) is 4.99 Å². The molecule has 0 radical (unpaired) electrons. The standard InChI is InChI=1S/C14H17NO2S/c1-17-12-6-5-11(9-13(12)18-2)14(15-10-16)7-3-4-8-14/h5-6,9H,3-4,7-8H2,1-2H3. The van der Waals surface area contributed by atoms with Crippen LogP contribution in [-0.4, -0.2) is 19.4 Å². The van der Waals surface area contributed by atoms with Crippen molar-refractivity contribution in [3.05, 3.63) is 23.8 Å². The Bertz CT molecular complexity index is 475. The van der Waals surface area contributed by atoms with Crippen molar-refractivity contribution >= 4 is 17.8 Å². The predicted molar refractivity (Wildman–Crippen MR) is 73.0 cm³/mol. The number of thioether (sulfide) groups is 1. The molecule has 18 heavy (non-hydrogen) atoms. The Hall–Kier alpha value is -1.25. The Labute approximate surface area is 112 Å². The highest BCUT2D eigenvalue weighted by Crippen LogP contribution is 2.44. The second-order valence-electron chi connectivity index (χ2n) is 4.51. The van der Waals surface area contributed by atoms with E-state index in [1.807, 2.05) is 18.4 Å². The third-order valence-electron chi connectivity index (χ3n) is 3.61. The molecule has 0 amide bonds. The lowest BCUT2D eigenvalue weighted by Crippen LogP contribution is -2.18. The first-order valence-corrected chi connectivity index (χ1v) is 7.30. The summed E-state index contributed by atoms with van der Waals surface area (Å²) in [6.07, 6.45) is 7.87. The van der Waals surface area contributed by atoms with E-state index >= 15 is 0 Å². The molecule has 0 heterocycles. The van der Waals surface area contributed by atoms with E-state index in [9.17, 15) is 4.79 Å². The molecular formula is C14H17NO2S. The number of rotatable bonds is 4. The first kappa shape index (κ1) is 13.2. The van der Waals surface area contributed by atoms with Gasteiger partial charge < -0.3 is 4.74 Å². The fourth-order valence-corrected chi connectivity index (χ4v) is 3.24. The van der Waals surface area contributed by atoms with Crippen molar-refractivity contribution in [2.24, 2.45) is 4.99 Å². The number of methoxy groups -OCH3 is 1. The van der Waals surface area contributed by atoms with Gasteiger partial charge in [-0.3, -0.25) is 0 Å². The SMILES string of the molecule is COc1ccc(C2(N=C=O)CCCC2)cc1SC. The van der Waals surface area contributed by atoms with Crippen LogP contribution in [0.15, 0.2) is 28.1 Å². The van der Waals surface area contributed by atoms with E-state index in [2.05, 4.69) is 11.1 Å². The summed E-state index contributed by atoms with van der Waals surface area (Å²) in [6, 6.07) is 6.07. The molecule has 96 valence electrons. The quantitative estimate of drug-likeness (QED) is 0.474. The third-order valence-corrected chi connectivity index (χ3v) is 4.37. The number of hydrogen-bond donors (Lipinski definition) is 0. The lowest BCUT2D eigenvalue weighted by atomic mass is 9.89. The fourth-order valence-electron chi connectivity index (χ4n) is 2.64. The van der Waals surface area contributed by atoms with Gasteiger partial charge in [0.05, 0.1) is 12.6 Å². The molecule has 1 aromatic rings. The number of ether oxygens (including phenoxy) is 1. The molecular weight excluding hydrogens is 246 g/mol. The normalized spacial score (nSPS) is 17.2. The van der Waals surface area contributed by atoms with Crippen molar-refractivity contribution in [2.45, 2.75) is 36.1 Å². The molecule has 0 atom stereocenters. The number of isocyanates is 1. The second kappa shape index (κ2) is 5.59. The average Bonchev–Trinajstić information content (AvgIpc) is 2.88. The summed E-state index contributed by atoms with van der Waals surface area (Å²) in [4.78, 5) is 15.9. The minimum absolute atomic E-state index is 0.349. The number of hydrogen-bond acceptors (Lipinski definition) is 4. The van der Waals surface area contributed by atoms with Gasteiger partial charge in [-0.25, -0.2) is 4.79 Å². The fraction of sp³-hybridized carbons (Fsp3) is 0.500. The lowest BCUT2D eigenvalue weighted by Gasteiger charge is -2.23. The highest BCUT2D eigenvalue weighted by Gasteiger charge is 2.36. The summed E-state index contributed by atoms with van der Waals surface area (Å²) >= 11 is 1.64. The van der Waals surface area contributed by atoms with Crippen molar-refractivity contribution in [3.63, 3.8) is 0 Å². The number of nitrogens with zero attached hydrogens (tertiary/aromatic N) is 1. The van der Waals surface area contributed by atoms with Crippen LogP contribution in [0.4, 0.5) is 0 Å². The summed E-state index contributed by atoms with van der Waals surface area (Å²) in [6.45, 7) is 0. The van der Waals surface area contributed by atoms with Gasteiger partial charge in [0, 0.05) is 4.90 Å². The Morgan fingerprint density at radius 3 is 2.67 bits per heavy atom. The van der Waals surface area contributed by atoms with E-state index < -0.39 is 0 Å². The maximum atomic E-state index is 10.7. The zero-order chi connectivity index (χ0) is 13.0. The van der Waals surface area contributed by atoms with Crippen LogP contribution in [0.1, 0.15) is 31.2 Å². The summed E-state index contributed by atoms with van der Waals surface area (Å²) in [5, 5.41) is 0. The molecule has 0 spiro atoms. The maximum Gasteiger partial charge on any atom is 0.235 e. The van der Waals surface area contributed by atoms with Gasteiger partial charge in [-0.1, -0.05) is 18.9 Å². The molecule has 1 fully saturated rings. The van der Waals surface area contributed by atoms with Crippen LogP contribution in [0, 0.1) is 0 Å². The van der Waals surface area contributed by atoms with Gasteiger partial charge in [0.15, 0.2) is 0 Å². The molecule has 2 rings (SSSR count). The lowest BCUT2D eigenvalue weighted by molar-refractivity contribution is 0.402. The van der Waals surface area contributed by atoms with Crippen molar-refractivity contribution in [1.82, 2.24) is 0 Å². The first-order chi connectivity index (χ1) is 8.75. The molecule has 1 aliphatic carbocycles. The highest BCUT2D eigenvalue weighted by molar-refractivity contribution is 7.98. The smallest absolute Gasteiger partial charge is 0.235 e. The Morgan fingerprint density at radius 2 is 2.11 bits per heavy atom. The van der Waals surface area contributed by atoms with E-state index in [4.69, 9.17) is 4.74 Å². The Balaban J connectivity index is 2.46. The topological polar surface area (TPSA) is 38.7 Å². The molecule has 4 heteroatoms. The van der Waals surface area contributed by atoms with Crippen LogP contribution in [0.2, 0.25) is 0 Å². The first-order valence-electron chi connectivity index (χ1n) is 6.07. The van der Waals surface area contributed by atoms with Crippen LogP contribution < -0.4 is 4.74 Å². The van der Waals surface area contributed by atoms with Crippen LogP contribution in [0.5, 0.6) is 5.75 Å². The van der Waals surface area contributed by atoms with Gasteiger partial charge in [-0.05, 0) is 36.8 Å². The average molecular weight is 263 g/mol. The zero-order valence-electron chi connectivity index (χ0n) is 10.7. The monoisotopic (exact) mass is 263 g/mol. The van der Waals surface area contributed by atoms with E-state index in [0.29, 0.717) is 0 Å². The van der Waals surface area contributed by atoms with Gasteiger partial charge in [0.2, 0.25) is 6.08 Å². The summed E-state index contributed by atoms with van der Waals surface area (Å²) < 4.78 is 5.32. The molecule has 0 aliphatic heterocycles. The Morgan fingerprint density at radius 1 is 1.39 bits per heavy atom. The van der Waals surface area contributed by atoms with Crippen LogP contribution in [0.3, 0.4) is 0 Å². The Kier molecular flexibility index (Phi) is 4.10. The van der Waals surface area contributed by atoms with Crippen molar-refractivity contribution in [3.8, 4) is 5.75 Å². The number of benzene rings is 1. The molecule has 0 N–H and O–H groups in total. The summed E-state index contributed by atoms with van der Waals surface area (Å²) in [7, 11) is 1.67. The zero-order valence-corrected chi connectivity index (χ0v) is 11.5. The van der Waals surface area contributed by atoms with Crippen LogP contribution in [-0.2, 0) is 10.3 Å². The molecule has 0 saturated heterocycles. The van der Waals surface area contributed by atoms with Crippen LogP contribution >= 0.6 is 11.8 Å². The summed E-state index contributed by atoms with van der Waals surface area (Å²) in [5.41, 5.74) is 0.756. The van der Waals surface area contributed by atoms with Gasteiger partial charge >= 0.3 is 0 Å². The second-order valence-corrected chi connectivity index (χ2v) is 5.36. The van der Waals surface area contributed by atoms with Gasteiger partial charge in [0.1, 0.15) is 5.75 Å². The maximum absolute atomic E-state index is 10.7. The van der Waals surface area contributed by atoms with Crippen LogP contribution in [0.25, 0.3) is 0 Å². The molecule has 3 nitrogen and oxygen atoms in total. The molecule has 1 aromatic carbocycles. The predicted octanol–water partition coefficient (Wildman–Crippen LogP) is 3.52. The van der Waals surface area contributed by atoms with Gasteiger partial charge in [-0.15, -0.1) is 11.8 Å². The molecule has 1 aliphatic rings. The number of aliphatic imine (C=N–C) groups is 1.